The molecule has 3 aromatic carbocycles. The summed E-state index contributed by atoms with van der Waals surface area (Å²) >= 11 is 13.8. The molecule has 0 unspecified atom stereocenters. The molecule has 5 nitrogen and oxygen atoms in total. The van der Waals surface area contributed by atoms with Crippen molar-refractivity contribution in [3.8, 4) is 0 Å². The number of rotatable bonds is 11. The van der Waals surface area contributed by atoms with Crippen LogP contribution >= 0.6 is 35.0 Å². The second-order valence-electron chi connectivity index (χ2n) is 8.71. The molecule has 1 N–H and O–H groups in total. The molecule has 0 saturated carbocycles. The quantitative estimate of drug-likeness (QED) is 0.264. The summed E-state index contributed by atoms with van der Waals surface area (Å²) in [7, 11) is -3.94. The predicted octanol–water partition coefficient (Wildman–Crippen LogP) is 6.67. The van der Waals surface area contributed by atoms with Crippen LogP contribution in [0, 0.1) is 6.92 Å². The third-order valence-corrected chi connectivity index (χ3v) is 8.97. The van der Waals surface area contributed by atoms with Gasteiger partial charge in [-0.2, -0.15) is 11.8 Å². The molecular weight excluding hydrogens is 535 g/mol. The summed E-state index contributed by atoms with van der Waals surface area (Å²) in [5.74, 6) is 1.27. The number of halogens is 2. The number of nitrogens with one attached hydrogen (secondary N) is 1. The number of benzene rings is 3. The van der Waals surface area contributed by atoms with Gasteiger partial charge in [0.2, 0.25) is 5.91 Å². The minimum atomic E-state index is -3.94. The summed E-state index contributed by atoms with van der Waals surface area (Å²) in [5, 5.41) is 4.03. The van der Waals surface area contributed by atoms with Crippen molar-refractivity contribution in [2.45, 2.75) is 37.3 Å². The van der Waals surface area contributed by atoms with E-state index < -0.39 is 10.0 Å². The Balaban J connectivity index is 1.67. The predicted molar refractivity (Wildman–Crippen MR) is 152 cm³/mol. The molecule has 0 aromatic heterocycles. The molecule has 0 fully saturated rings. The smallest absolute Gasteiger partial charge is 0.264 e. The number of carbonyl (C=O) groups is 1. The van der Waals surface area contributed by atoms with Crippen molar-refractivity contribution in [3.63, 3.8) is 0 Å². The van der Waals surface area contributed by atoms with Gasteiger partial charge in [-0.15, -0.1) is 0 Å². The molecule has 0 bridgehead atoms. The Labute approximate surface area is 228 Å². The highest BCUT2D eigenvalue weighted by atomic mass is 35.5. The molecule has 3 aromatic rings. The van der Waals surface area contributed by atoms with Crippen LogP contribution in [-0.4, -0.2) is 33.2 Å². The molecule has 0 aliphatic heterocycles. The fourth-order valence-electron chi connectivity index (χ4n) is 3.45. The Morgan fingerprint density at radius 3 is 2.28 bits per heavy atom. The normalized spacial score (nSPS) is 11.5. The molecular formula is C27H30Cl2N2O3S2. The van der Waals surface area contributed by atoms with Crippen LogP contribution in [0.3, 0.4) is 0 Å². The lowest BCUT2D eigenvalue weighted by Crippen LogP contribution is -2.41. The van der Waals surface area contributed by atoms with E-state index in [9.17, 15) is 13.2 Å². The lowest BCUT2D eigenvalue weighted by atomic mass is 10.0. The number of hydrogen-bond donors (Lipinski definition) is 1. The average molecular weight is 566 g/mol. The molecule has 0 aliphatic carbocycles. The summed E-state index contributed by atoms with van der Waals surface area (Å²) in [4.78, 5) is 12.9. The van der Waals surface area contributed by atoms with Gasteiger partial charge in [-0.05, 0) is 60.4 Å². The Kier molecular flexibility index (Phi) is 10.1. The Hall–Kier alpha value is -2.19. The Bertz CT molecular complexity index is 1280. The van der Waals surface area contributed by atoms with Crippen molar-refractivity contribution >= 4 is 56.6 Å². The van der Waals surface area contributed by atoms with Crippen LogP contribution in [0.25, 0.3) is 0 Å². The number of sulfonamides is 1. The highest BCUT2D eigenvalue weighted by Gasteiger charge is 2.27. The second kappa shape index (κ2) is 12.9. The van der Waals surface area contributed by atoms with Gasteiger partial charge in [0, 0.05) is 28.1 Å². The van der Waals surface area contributed by atoms with Crippen LogP contribution in [-0.2, 0) is 20.6 Å². The minimum Gasteiger partial charge on any atom is -0.354 e. The van der Waals surface area contributed by atoms with Crippen LogP contribution in [0.1, 0.15) is 36.5 Å². The SMILES string of the molecule is Cc1ccc(S(=O)(=O)N(CC(=O)NCCSCc2ccc(Cl)cc2Cl)c2ccc(C(C)C)cc2)cc1. The summed E-state index contributed by atoms with van der Waals surface area (Å²) in [6.07, 6.45) is 0. The number of amides is 1. The van der Waals surface area contributed by atoms with E-state index in [1.807, 2.05) is 25.1 Å². The van der Waals surface area contributed by atoms with Crippen molar-refractivity contribution < 1.29 is 13.2 Å². The van der Waals surface area contributed by atoms with E-state index in [2.05, 4.69) is 19.2 Å². The minimum absolute atomic E-state index is 0.143. The molecule has 9 heteroatoms. The number of aryl methyl sites for hydroxylation is 1. The first-order chi connectivity index (χ1) is 17.1. The third-order valence-electron chi connectivity index (χ3n) is 5.59. The van der Waals surface area contributed by atoms with E-state index in [1.54, 1.807) is 60.3 Å². The lowest BCUT2D eigenvalue weighted by Gasteiger charge is -2.24. The summed E-state index contributed by atoms with van der Waals surface area (Å²) in [6.45, 7) is 6.12. The summed E-state index contributed by atoms with van der Waals surface area (Å²) in [5.41, 5.74) is 3.46. The molecule has 0 aliphatic rings. The molecule has 192 valence electrons. The molecule has 36 heavy (non-hydrogen) atoms. The van der Waals surface area contributed by atoms with E-state index >= 15 is 0 Å². The van der Waals surface area contributed by atoms with Crippen LogP contribution in [0.15, 0.2) is 71.6 Å². The number of carbonyl (C=O) groups excluding carboxylic acids is 1. The van der Waals surface area contributed by atoms with Gasteiger partial charge < -0.3 is 5.32 Å². The van der Waals surface area contributed by atoms with Gasteiger partial charge in [0.25, 0.3) is 10.0 Å². The van der Waals surface area contributed by atoms with E-state index in [-0.39, 0.29) is 17.3 Å². The third kappa shape index (κ3) is 7.65. The summed E-state index contributed by atoms with van der Waals surface area (Å²) in [6, 6.07) is 19.3. The van der Waals surface area contributed by atoms with Crippen molar-refractivity contribution in [2.24, 2.45) is 0 Å². The average Bonchev–Trinajstić information content (AvgIpc) is 2.84. The maximum absolute atomic E-state index is 13.5. The Morgan fingerprint density at radius 1 is 1.00 bits per heavy atom. The first kappa shape index (κ1) is 28.4. The van der Waals surface area contributed by atoms with E-state index in [4.69, 9.17) is 23.2 Å². The maximum Gasteiger partial charge on any atom is 0.264 e. The van der Waals surface area contributed by atoms with Crippen molar-refractivity contribution in [1.82, 2.24) is 5.32 Å². The molecule has 0 saturated heterocycles. The molecule has 1 amide bonds. The topological polar surface area (TPSA) is 66.5 Å². The van der Waals surface area contributed by atoms with Crippen LogP contribution in [0.5, 0.6) is 0 Å². The van der Waals surface area contributed by atoms with Crippen molar-refractivity contribution in [3.05, 3.63) is 93.5 Å². The molecule has 0 heterocycles. The highest BCUT2D eigenvalue weighted by molar-refractivity contribution is 7.98. The van der Waals surface area contributed by atoms with Gasteiger partial charge in [0.15, 0.2) is 0 Å². The number of thioether (sulfide) groups is 1. The van der Waals surface area contributed by atoms with Gasteiger partial charge >= 0.3 is 0 Å². The van der Waals surface area contributed by atoms with E-state index in [0.717, 1.165) is 21.0 Å². The summed E-state index contributed by atoms with van der Waals surface area (Å²) < 4.78 is 28.2. The standard InChI is InChI=1S/C27H30Cl2N2O3S2/c1-19(2)21-7-10-24(11-8-21)31(36(33,34)25-12-4-20(3)5-13-25)17-27(32)30-14-15-35-18-22-6-9-23(28)16-26(22)29/h4-13,16,19H,14-15,17-18H2,1-3H3,(H,30,32). The highest BCUT2D eigenvalue weighted by Crippen LogP contribution is 2.27. The fourth-order valence-corrected chi connectivity index (χ4v) is 6.29. The van der Waals surface area contributed by atoms with Crippen molar-refractivity contribution in [1.29, 1.82) is 0 Å². The second-order valence-corrected chi connectivity index (χ2v) is 12.5. The number of anilines is 1. The largest absolute Gasteiger partial charge is 0.354 e. The van der Waals surface area contributed by atoms with Gasteiger partial charge in [0.05, 0.1) is 10.6 Å². The molecule has 0 spiro atoms. The van der Waals surface area contributed by atoms with Gasteiger partial charge in [-0.1, -0.05) is 72.9 Å². The fraction of sp³-hybridized carbons (Fsp3) is 0.296. The zero-order valence-electron chi connectivity index (χ0n) is 20.5. The number of hydrogen-bond acceptors (Lipinski definition) is 4. The first-order valence-electron chi connectivity index (χ1n) is 11.6. The lowest BCUT2D eigenvalue weighted by molar-refractivity contribution is -0.119. The zero-order chi connectivity index (χ0) is 26.3. The van der Waals surface area contributed by atoms with Gasteiger partial charge in [-0.25, -0.2) is 8.42 Å². The Morgan fingerprint density at radius 2 is 1.67 bits per heavy atom. The zero-order valence-corrected chi connectivity index (χ0v) is 23.6. The monoisotopic (exact) mass is 564 g/mol. The molecule has 0 atom stereocenters. The van der Waals surface area contributed by atoms with Gasteiger partial charge in [-0.3, -0.25) is 9.10 Å². The first-order valence-corrected chi connectivity index (χ1v) is 14.9. The van der Waals surface area contributed by atoms with E-state index in [0.29, 0.717) is 39.7 Å². The number of nitrogens with zero attached hydrogens (tertiary/aromatic N) is 1. The van der Waals surface area contributed by atoms with E-state index in [1.165, 1.54) is 0 Å². The van der Waals surface area contributed by atoms with Crippen LogP contribution in [0.2, 0.25) is 10.0 Å². The van der Waals surface area contributed by atoms with Crippen LogP contribution < -0.4 is 9.62 Å². The maximum atomic E-state index is 13.5. The molecule has 3 rings (SSSR count). The molecule has 0 radical (unpaired) electrons. The van der Waals surface area contributed by atoms with Crippen molar-refractivity contribution in [2.75, 3.05) is 23.1 Å². The van der Waals surface area contributed by atoms with Crippen LogP contribution in [0.4, 0.5) is 5.69 Å². The van der Waals surface area contributed by atoms with Gasteiger partial charge in [0.1, 0.15) is 6.54 Å².